The SMILES string of the molecule is C[C@@H](NC(=O)c1cc(-c2cc(F)cc(F)c2)cc2ccn(Cc3ccc(C(F)(F)F)cc3)c12)c1ccc(C(=O)O)cc1. The van der Waals surface area contributed by atoms with Crippen molar-refractivity contribution in [2.24, 2.45) is 0 Å². The molecule has 2 N–H and O–H groups in total. The molecule has 1 atom stereocenters. The Morgan fingerprint density at radius 2 is 1.48 bits per heavy atom. The number of alkyl halides is 3. The van der Waals surface area contributed by atoms with Crippen LogP contribution in [0.4, 0.5) is 22.0 Å². The van der Waals surface area contributed by atoms with E-state index in [0.717, 1.165) is 30.3 Å². The van der Waals surface area contributed by atoms with Gasteiger partial charge in [-0.3, -0.25) is 4.79 Å². The highest BCUT2D eigenvalue weighted by Gasteiger charge is 2.30. The van der Waals surface area contributed by atoms with E-state index in [4.69, 9.17) is 5.11 Å². The molecule has 0 saturated heterocycles. The Hall–Kier alpha value is -4.99. The van der Waals surface area contributed by atoms with Gasteiger partial charge in [0.15, 0.2) is 0 Å². The summed E-state index contributed by atoms with van der Waals surface area (Å²) in [6.45, 7) is 1.87. The molecule has 0 spiro atoms. The van der Waals surface area contributed by atoms with Crippen LogP contribution in [-0.2, 0) is 12.7 Å². The van der Waals surface area contributed by atoms with Crippen LogP contribution in [0.15, 0.2) is 91.1 Å². The molecule has 1 heterocycles. The van der Waals surface area contributed by atoms with Crippen LogP contribution >= 0.6 is 0 Å². The predicted molar refractivity (Wildman–Crippen MR) is 147 cm³/mol. The predicted octanol–water partition coefficient (Wildman–Crippen LogP) is 7.84. The molecule has 0 aliphatic carbocycles. The number of carbonyl (C=O) groups is 2. The molecule has 1 aromatic heterocycles. The number of amides is 1. The number of carboxylic acids is 1. The van der Waals surface area contributed by atoms with Crippen molar-refractivity contribution in [1.29, 1.82) is 0 Å². The van der Waals surface area contributed by atoms with E-state index in [9.17, 15) is 31.5 Å². The molecular weight excluding hydrogens is 555 g/mol. The molecule has 214 valence electrons. The van der Waals surface area contributed by atoms with Crippen molar-refractivity contribution >= 4 is 22.8 Å². The number of aromatic carboxylic acids is 1. The van der Waals surface area contributed by atoms with Crippen molar-refractivity contribution < 1.29 is 36.6 Å². The van der Waals surface area contributed by atoms with Crippen LogP contribution in [0.3, 0.4) is 0 Å². The second-order valence-electron chi connectivity index (χ2n) is 9.88. The topological polar surface area (TPSA) is 71.3 Å². The lowest BCUT2D eigenvalue weighted by Crippen LogP contribution is -2.27. The molecule has 0 fully saturated rings. The standard InChI is InChI=1S/C32H23F5N2O3/c1-18(20-4-6-21(7-5-20)31(41)42)38-30(40)28-15-23(24-13-26(33)16-27(34)14-24)12-22-10-11-39(29(22)28)17-19-2-8-25(9-3-19)32(35,36)37/h2-16,18H,17H2,1H3,(H,38,40)(H,41,42)/t18-/m1/s1. The molecule has 0 aliphatic rings. The highest BCUT2D eigenvalue weighted by Crippen LogP contribution is 2.32. The number of aromatic nitrogens is 1. The molecule has 4 aromatic carbocycles. The summed E-state index contributed by atoms with van der Waals surface area (Å²) in [5.41, 5.74) is 1.78. The quantitative estimate of drug-likeness (QED) is 0.193. The van der Waals surface area contributed by atoms with Crippen molar-refractivity contribution in [3.63, 3.8) is 0 Å². The maximum Gasteiger partial charge on any atom is 0.416 e. The fourth-order valence-corrected chi connectivity index (χ4v) is 4.81. The van der Waals surface area contributed by atoms with Gasteiger partial charge in [0.05, 0.1) is 28.2 Å². The maximum absolute atomic E-state index is 14.0. The zero-order chi connectivity index (χ0) is 30.2. The summed E-state index contributed by atoms with van der Waals surface area (Å²) in [5, 5.41) is 12.6. The van der Waals surface area contributed by atoms with Gasteiger partial charge in [-0.1, -0.05) is 24.3 Å². The van der Waals surface area contributed by atoms with Gasteiger partial charge in [-0.2, -0.15) is 13.2 Å². The van der Waals surface area contributed by atoms with Gasteiger partial charge in [0.25, 0.3) is 5.91 Å². The van der Waals surface area contributed by atoms with Crippen molar-refractivity contribution in [2.45, 2.75) is 25.7 Å². The number of hydrogen-bond donors (Lipinski definition) is 2. The van der Waals surface area contributed by atoms with Crippen LogP contribution in [0, 0.1) is 11.6 Å². The Morgan fingerprint density at radius 3 is 2.07 bits per heavy atom. The fraction of sp³-hybridized carbons (Fsp3) is 0.125. The van der Waals surface area contributed by atoms with E-state index in [-0.39, 0.29) is 23.2 Å². The van der Waals surface area contributed by atoms with Gasteiger partial charge in [0.2, 0.25) is 0 Å². The first kappa shape index (κ1) is 28.5. The molecule has 5 nitrogen and oxygen atoms in total. The number of benzene rings is 4. The zero-order valence-corrected chi connectivity index (χ0v) is 22.0. The molecule has 42 heavy (non-hydrogen) atoms. The number of hydrogen-bond acceptors (Lipinski definition) is 2. The minimum Gasteiger partial charge on any atom is -0.478 e. The van der Waals surface area contributed by atoms with Crippen LogP contribution in [0.1, 0.15) is 50.4 Å². The Bertz CT molecular complexity index is 1770. The molecule has 0 saturated carbocycles. The van der Waals surface area contributed by atoms with Crippen LogP contribution in [0.25, 0.3) is 22.0 Å². The molecule has 0 aliphatic heterocycles. The second kappa shape index (κ2) is 11.1. The maximum atomic E-state index is 14.0. The number of nitrogens with zero attached hydrogens (tertiary/aromatic N) is 1. The number of nitrogens with one attached hydrogen (secondary N) is 1. The number of carboxylic acid groups (broad SMARTS) is 1. The highest BCUT2D eigenvalue weighted by molar-refractivity contribution is 6.08. The van der Waals surface area contributed by atoms with Gasteiger partial charge in [-0.25, -0.2) is 13.6 Å². The van der Waals surface area contributed by atoms with Gasteiger partial charge in [-0.15, -0.1) is 0 Å². The summed E-state index contributed by atoms with van der Waals surface area (Å²) in [6.07, 6.45) is -2.79. The average Bonchev–Trinajstić information content (AvgIpc) is 3.34. The molecule has 0 bridgehead atoms. The Kier molecular flexibility index (Phi) is 7.55. The lowest BCUT2D eigenvalue weighted by Gasteiger charge is -2.17. The smallest absolute Gasteiger partial charge is 0.416 e. The number of carbonyl (C=O) groups excluding carboxylic acids is 1. The molecular formula is C32H23F5N2O3. The van der Waals surface area contributed by atoms with Gasteiger partial charge in [-0.05, 0) is 83.8 Å². The van der Waals surface area contributed by atoms with Crippen LogP contribution < -0.4 is 5.32 Å². The van der Waals surface area contributed by atoms with Gasteiger partial charge in [0, 0.05) is 24.2 Å². The Morgan fingerprint density at radius 1 is 0.857 bits per heavy atom. The minimum atomic E-state index is -4.47. The third-order valence-corrected chi connectivity index (χ3v) is 6.94. The van der Waals surface area contributed by atoms with E-state index in [2.05, 4.69) is 5.32 Å². The zero-order valence-electron chi connectivity index (χ0n) is 22.0. The van der Waals surface area contributed by atoms with Crippen LogP contribution in [-0.4, -0.2) is 21.6 Å². The van der Waals surface area contributed by atoms with E-state index in [1.54, 1.807) is 42.0 Å². The Labute approximate surface area is 236 Å². The number of rotatable bonds is 7. The van der Waals surface area contributed by atoms with E-state index < -0.39 is 41.3 Å². The highest BCUT2D eigenvalue weighted by atomic mass is 19.4. The van der Waals surface area contributed by atoms with Gasteiger partial charge >= 0.3 is 12.1 Å². The molecule has 1 amide bonds. The summed E-state index contributed by atoms with van der Waals surface area (Å²) in [7, 11) is 0. The first-order valence-corrected chi connectivity index (χ1v) is 12.8. The van der Waals surface area contributed by atoms with E-state index in [0.29, 0.717) is 27.6 Å². The lowest BCUT2D eigenvalue weighted by molar-refractivity contribution is -0.137. The van der Waals surface area contributed by atoms with E-state index in [1.807, 2.05) is 0 Å². The fourth-order valence-electron chi connectivity index (χ4n) is 4.81. The van der Waals surface area contributed by atoms with Crippen LogP contribution in [0.2, 0.25) is 0 Å². The molecule has 0 radical (unpaired) electrons. The summed E-state index contributed by atoms with van der Waals surface area (Å²) >= 11 is 0. The van der Waals surface area contributed by atoms with E-state index >= 15 is 0 Å². The third kappa shape index (κ3) is 6.02. The van der Waals surface area contributed by atoms with E-state index in [1.165, 1.54) is 30.3 Å². The molecule has 5 aromatic rings. The van der Waals surface area contributed by atoms with Crippen molar-refractivity contribution in [3.8, 4) is 11.1 Å². The largest absolute Gasteiger partial charge is 0.478 e. The Balaban J connectivity index is 1.55. The summed E-state index contributed by atoms with van der Waals surface area (Å²) in [4.78, 5) is 24.9. The summed E-state index contributed by atoms with van der Waals surface area (Å²) < 4.78 is 68.9. The van der Waals surface area contributed by atoms with Gasteiger partial charge < -0.3 is 15.0 Å². The number of halogens is 5. The van der Waals surface area contributed by atoms with Crippen molar-refractivity contribution in [2.75, 3.05) is 0 Å². The monoisotopic (exact) mass is 578 g/mol. The normalized spacial score (nSPS) is 12.3. The van der Waals surface area contributed by atoms with Crippen LogP contribution in [0.5, 0.6) is 0 Å². The summed E-state index contributed by atoms with van der Waals surface area (Å²) in [5.74, 6) is -3.16. The first-order chi connectivity index (χ1) is 19.9. The molecule has 0 unspecified atom stereocenters. The first-order valence-electron chi connectivity index (χ1n) is 12.8. The van der Waals surface area contributed by atoms with Crippen molar-refractivity contribution in [1.82, 2.24) is 9.88 Å². The second-order valence-corrected chi connectivity index (χ2v) is 9.88. The molecule has 10 heteroatoms. The summed E-state index contributed by atoms with van der Waals surface area (Å²) in [6, 6.07) is 18.1. The van der Waals surface area contributed by atoms with Gasteiger partial charge in [0.1, 0.15) is 11.6 Å². The van der Waals surface area contributed by atoms with Crippen molar-refractivity contribution in [3.05, 3.63) is 131 Å². The number of fused-ring (bicyclic) bond motifs is 1. The molecule has 5 rings (SSSR count). The lowest BCUT2D eigenvalue weighted by atomic mass is 9.99. The third-order valence-electron chi connectivity index (χ3n) is 6.94. The minimum absolute atomic E-state index is 0.0927. The average molecular weight is 579 g/mol.